The second-order valence-electron chi connectivity index (χ2n) is 3.47. The molecule has 1 heteroatoms. The van der Waals surface area contributed by atoms with E-state index in [1.165, 1.54) is 51.4 Å². The second-order valence-corrected chi connectivity index (χ2v) is 6.33. The summed E-state index contributed by atoms with van der Waals surface area (Å²) in [4.78, 5) is 0. The Labute approximate surface area is 86.7 Å². The molecule has 66 valence electrons. The molecule has 0 bridgehead atoms. The van der Waals surface area contributed by atoms with Crippen molar-refractivity contribution in [3.63, 3.8) is 0 Å². The molecule has 0 spiro atoms. The van der Waals surface area contributed by atoms with Crippen LogP contribution in [0.4, 0.5) is 0 Å². The summed E-state index contributed by atoms with van der Waals surface area (Å²) in [5.74, 6) is 0. The van der Waals surface area contributed by atoms with Crippen LogP contribution in [0.25, 0.3) is 0 Å². The molecule has 0 fully saturated rings. The molecule has 0 aliphatic heterocycles. The van der Waals surface area contributed by atoms with Crippen LogP contribution in [0.1, 0.15) is 58.3 Å². The Balaban J connectivity index is 2.69. The van der Waals surface area contributed by atoms with E-state index in [2.05, 4.69) is 6.92 Å². The Morgan fingerprint density at radius 3 is 1.64 bits per heavy atom. The van der Waals surface area contributed by atoms with Gasteiger partial charge in [-0.25, -0.2) is 0 Å². The summed E-state index contributed by atoms with van der Waals surface area (Å²) in [5.41, 5.74) is 0. The Bertz CT molecular complexity index is 53.9. The van der Waals surface area contributed by atoms with E-state index in [0.29, 0.717) is 0 Å². The maximum absolute atomic E-state index is 2.28. The third-order valence-corrected chi connectivity index (χ3v) is 4.23. The van der Waals surface area contributed by atoms with Crippen LogP contribution in [0.2, 0.25) is 4.18 Å². The molecule has 0 saturated carbocycles. The van der Waals surface area contributed by atoms with Crippen molar-refractivity contribution in [1.29, 1.82) is 0 Å². The molecule has 0 rings (SSSR count). The van der Waals surface area contributed by atoms with Crippen LogP contribution in [0.3, 0.4) is 0 Å². The molecule has 0 aromatic heterocycles. The first kappa shape index (κ1) is 11.9. The van der Waals surface area contributed by atoms with E-state index in [1.54, 1.807) is 4.18 Å². The van der Waals surface area contributed by atoms with E-state index < -0.39 is 0 Å². The van der Waals surface area contributed by atoms with Gasteiger partial charge in [0.05, 0.1) is 0 Å². The van der Waals surface area contributed by atoms with Crippen molar-refractivity contribution in [3.8, 4) is 0 Å². The molecule has 0 aromatic carbocycles. The third-order valence-electron chi connectivity index (χ3n) is 2.21. The zero-order valence-electron chi connectivity index (χ0n) is 8.36. The minimum absolute atomic E-state index is 0.966. The van der Waals surface area contributed by atoms with Gasteiger partial charge in [-0.2, -0.15) is 0 Å². The Hall–Kier alpha value is 0.870. The molecular formula is C10H23In. The summed E-state index contributed by atoms with van der Waals surface area (Å²) in [6, 6.07) is 0. The summed E-state index contributed by atoms with van der Waals surface area (Å²) >= 11 is 0.966. The van der Waals surface area contributed by atoms with Crippen LogP contribution < -0.4 is 0 Å². The summed E-state index contributed by atoms with van der Waals surface area (Å²) in [5, 5.41) is 0. The molecule has 0 nitrogen and oxygen atoms in total. The van der Waals surface area contributed by atoms with Gasteiger partial charge in [-0.15, -0.1) is 0 Å². The normalized spacial score (nSPS) is 10.3. The van der Waals surface area contributed by atoms with Crippen molar-refractivity contribution >= 4 is 24.4 Å². The van der Waals surface area contributed by atoms with Gasteiger partial charge in [-0.3, -0.25) is 0 Å². The van der Waals surface area contributed by atoms with Gasteiger partial charge in [0, 0.05) is 0 Å². The van der Waals surface area contributed by atoms with E-state index in [1.807, 2.05) is 0 Å². The van der Waals surface area contributed by atoms with E-state index >= 15 is 0 Å². The fraction of sp³-hybridized carbons (Fsp3) is 1.00. The molecule has 0 saturated heterocycles. The fourth-order valence-electron chi connectivity index (χ4n) is 1.38. The predicted molar refractivity (Wildman–Crippen MR) is 56.0 cm³/mol. The SMILES string of the molecule is CCCCCCCCC[CH2][InH2]. The molecule has 0 amide bonds. The van der Waals surface area contributed by atoms with Gasteiger partial charge in [0.2, 0.25) is 0 Å². The van der Waals surface area contributed by atoms with E-state index in [4.69, 9.17) is 0 Å². The van der Waals surface area contributed by atoms with E-state index in [0.717, 1.165) is 24.4 Å². The molecule has 0 aromatic rings. The minimum atomic E-state index is 0.966. The summed E-state index contributed by atoms with van der Waals surface area (Å²) < 4.78 is 1.58. The quantitative estimate of drug-likeness (QED) is 0.586. The molecule has 0 radical (unpaired) electrons. The number of hydrogen-bond donors (Lipinski definition) is 0. The van der Waals surface area contributed by atoms with Crippen molar-refractivity contribution in [3.05, 3.63) is 0 Å². The summed E-state index contributed by atoms with van der Waals surface area (Å²) in [7, 11) is 0. The van der Waals surface area contributed by atoms with Crippen molar-refractivity contribution in [2.75, 3.05) is 0 Å². The first-order valence-corrected chi connectivity index (χ1v) is 9.45. The van der Waals surface area contributed by atoms with Gasteiger partial charge < -0.3 is 0 Å². The van der Waals surface area contributed by atoms with Crippen LogP contribution in [0.15, 0.2) is 0 Å². The van der Waals surface area contributed by atoms with E-state index in [-0.39, 0.29) is 0 Å². The molecular weight excluding hydrogens is 235 g/mol. The molecule has 0 aliphatic carbocycles. The van der Waals surface area contributed by atoms with Crippen molar-refractivity contribution in [1.82, 2.24) is 0 Å². The fourth-order valence-corrected chi connectivity index (χ4v) is 2.81. The van der Waals surface area contributed by atoms with Gasteiger partial charge in [0.15, 0.2) is 0 Å². The molecule has 0 aliphatic rings. The average molecular weight is 258 g/mol. The van der Waals surface area contributed by atoms with Crippen LogP contribution in [0.5, 0.6) is 0 Å². The molecule has 11 heavy (non-hydrogen) atoms. The number of unbranched alkanes of at least 4 members (excludes halogenated alkanes) is 7. The van der Waals surface area contributed by atoms with E-state index in [9.17, 15) is 0 Å². The zero-order valence-corrected chi connectivity index (χ0v) is 14.1. The number of hydrogen-bond acceptors (Lipinski definition) is 0. The van der Waals surface area contributed by atoms with Crippen LogP contribution in [-0.2, 0) is 0 Å². The van der Waals surface area contributed by atoms with Crippen molar-refractivity contribution in [2.24, 2.45) is 0 Å². The first-order valence-electron chi connectivity index (χ1n) is 5.41. The monoisotopic (exact) mass is 258 g/mol. The van der Waals surface area contributed by atoms with Gasteiger partial charge in [-0.1, -0.05) is 0 Å². The molecule has 0 heterocycles. The van der Waals surface area contributed by atoms with Crippen molar-refractivity contribution in [2.45, 2.75) is 62.5 Å². The van der Waals surface area contributed by atoms with Crippen LogP contribution in [-0.4, -0.2) is 24.4 Å². The van der Waals surface area contributed by atoms with Gasteiger partial charge >= 0.3 is 86.8 Å². The summed E-state index contributed by atoms with van der Waals surface area (Å²) in [6.07, 6.45) is 11.8. The number of rotatable bonds is 8. The van der Waals surface area contributed by atoms with Gasteiger partial charge in [0.1, 0.15) is 0 Å². The Morgan fingerprint density at radius 1 is 0.727 bits per heavy atom. The zero-order chi connectivity index (χ0) is 8.36. The first-order chi connectivity index (χ1) is 5.41. The third kappa shape index (κ3) is 10.9. The van der Waals surface area contributed by atoms with Crippen molar-refractivity contribution < 1.29 is 0 Å². The summed E-state index contributed by atoms with van der Waals surface area (Å²) in [6.45, 7) is 2.28. The standard InChI is InChI=1S/C10H21.In.2H/c1-3-5-7-9-10-8-6-4-2;;;/h1,3-10H2,2H3;;;. The molecule has 0 atom stereocenters. The Morgan fingerprint density at radius 2 is 1.18 bits per heavy atom. The average Bonchev–Trinajstić information content (AvgIpc) is 2.03. The Kier molecular flexibility index (Phi) is 11.7. The second kappa shape index (κ2) is 10.9. The molecule has 0 N–H and O–H groups in total. The van der Waals surface area contributed by atoms with Crippen LogP contribution in [0, 0.1) is 0 Å². The topological polar surface area (TPSA) is 0 Å². The van der Waals surface area contributed by atoms with Gasteiger partial charge in [-0.05, 0) is 0 Å². The van der Waals surface area contributed by atoms with Crippen LogP contribution >= 0.6 is 0 Å². The maximum atomic E-state index is 2.28. The van der Waals surface area contributed by atoms with Gasteiger partial charge in [0.25, 0.3) is 0 Å². The molecule has 0 unspecified atom stereocenters. The predicted octanol–water partition coefficient (Wildman–Crippen LogP) is 3.18.